The Hall–Kier alpha value is -0.200. The van der Waals surface area contributed by atoms with E-state index in [2.05, 4.69) is 31.9 Å². The van der Waals surface area contributed by atoms with Gasteiger partial charge in [0.25, 0.3) is 0 Å². The first-order valence-electron chi connectivity index (χ1n) is 3.65. The van der Waals surface area contributed by atoms with Gasteiger partial charge in [-0.15, -0.1) is 0 Å². The highest BCUT2D eigenvalue weighted by Crippen LogP contribution is 2.47. The van der Waals surface area contributed by atoms with Gasteiger partial charge in [0.2, 0.25) is 18.2 Å². The Labute approximate surface area is 97.7 Å². The molecule has 1 heterocycles. The lowest BCUT2D eigenvalue weighted by atomic mass is 10.2. The van der Waals surface area contributed by atoms with E-state index in [4.69, 9.17) is 0 Å². The zero-order chi connectivity index (χ0) is 10.6. The lowest BCUT2D eigenvalue weighted by Gasteiger charge is -2.08. The van der Waals surface area contributed by atoms with E-state index in [1.54, 1.807) is 12.1 Å². The number of fused-ring (bicyclic) bond motifs is 1. The Balaban J connectivity index is 2.88. The van der Waals surface area contributed by atoms with Crippen LogP contribution in [0.15, 0.2) is 29.2 Å². The molecule has 74 valence electrons. The van der Waals surface area contributed by atoms with Crippen molar-refractivity contribution in [3.05, 3.63) is 29.8 Å². The molecular weight excluding hydrogens is 336 g/mol. The summed E-state index contributed by atoms with van der Waals surface area (Å²) in [6, 6.07) is 6.14. The van der Waals surface area contributed by atoms with Gasteiger partial charge in [-0.05, 0) is 44.0 Å². The van der Waals surface area contributed by atoms with Crippen molar-refractivity contribution in [3.8, 4) is 0 Å². The predicted octanol–water partition coefficient (Wildman–Crippen LogP) is 2.10. The minimum Gasteiger partial charge on any atom is -0.290 e. The molecule has 0 fully saturated rings. The molecule has 0 aromatic heterocycles. The van der Waals surface area contributed by atoms with E-state index < -0.39 is 18.2 Å². The van der Waals surface area contributed by atoms with Gasteiger partial charge in [0.05, 0.1) is 4.90 Å². The number of carbonyl (C=O) groups excluding carboxylic acids is 1. The molecule has 0 radical (unpaired) electrons. The van der Waals surface area contributed by atoms with Gasteiger partial charge < -0.3 is 0 Å². The highest BCUT2D eigenvalue weighted by Gasteiger charge is 2.54. The molecule has 0 spiro atoms. The maximum atomic E-state index is 11.8. The van der Waals surface area contributed by atoms with Crippen LogP contribution in [0.25, 0.3) is 0 Å². The Morgan fingerprint density at radius 2 is 1.71 bits per heavy atom. The van der Waals surface area contributed by atoms with Gasteiger partial charge in [-0.1, -0.05) is 12.1 Å². The molecular formula is C8H4Br2O3S. The second kappa shape index (κ2) is 2.90. The van der Waals surface area contributed by atoms with Gasteiger partial charge in [-0.3, -0.25) is 4.79 Å². The van der Waals surface area contributed by atoms with Crippen molar-refractivity contribution < 1.29 is 13.2 Å². The highest BCUT2D eigenvalue weighted by molar-refractivity contribution is 9.28. The number of Topliss-reactive ketones (excluding diaryl/α,β-unsaturated/α-hetero) is 1. The van der Waals surface area contributed by atoms with Gasteiger partial charge in [0.15, 0.2) is 0 Å². The number of rotatable bonds is 0. The van der Waals surface area contributed by atoms with Gasteiger partial charge in [0, 0.05) is 5.56 Å². The summed E-state index contributed by atoms with van der Waals surface area (Å²) in [5.41, 5.74) is 0.223. The molecule has 0 atom stereocenters. The maximum Gasteiger partial charge on any atom is 0.247 e. The number of benzene rings is 1. The molecule has 0 aliphatic carbocycles. The average molecular weight is 340 g/mol. The standard InChI is InChI=1S/C8H4Br2O3S/c9-8(10)7(11)5-3-1-2-4-6(5)14(8,12)13/h1-4H. The van der Waals surface area contributed by atoms with Gasteiger partial charge in [-0.25, -0.2) is 8.42 Å². The normalized spacial score (nSPS) is 22.0. The van der Waals surface area contributed by atoms with Crippen molar-refractivity contribution in [2.24, 2.45) is 0 Å². The summed E-state index contributed by atoms with van der Waals surface area (Å²) in [5, 5.41) is 0. The summed E-state index contributed by atoms with van der Waals surface area (Å²) in [7, 11) is -3.65. The molecule has 0 saturated heterocycles. The van der Waals surface area contributed by atoms with Crippen molar-refractivity contribution >= 4 is 47.5 Å². The Morgan fingerprint density at radius 3 is 2.29 bits per heavy atom. The lowest BCUT2D eigenvalue weighted by Crippen LogP contribution is -2.26. The molecule has 2 rings (SSSR count). The largest absolute Gasteiger partial charge is 0.290 e. The lowest BCUT2D eigenvalue weighted by molar-refractivity contribution is 0.101. The van der Waals surface area contributed by atoms with Crippen molar-refractivity contribution in [2.75, 3.05) is 0 Å². The average Bonchev–Trinajstić information content (AvgIpc) is 2.27. The van der Waals surface area contributed by atoms with Crippen LogP contribution in [-0.4, -0.2) is 16.8 Å². The van der Waals surface area contributed by atoms with E-state index in [0.29, 0.717) is 0 Å². The third-order valence-corrected chi connectivity index (χ3v) is 7.10. The van der Waals surface area contributed by atoms with Crippen LogP contribution in [0.2, 0.25) is 0 Å². The first kappa shape index (κ1) is 10.3. The number of ketones is 1. The van der Waals surface area contributed by atoms with Crippen molar-refractivity contribution in [3.63, 3.8) is 0 Å². The predicted molar refractivity (Wildman–Crippen MR) is 58.5 cm³/mol. The van der Waals surface area contributed by atoms with Crippen LogP contribution in [0.4, 0.5) is 0 Å². The van der Waals surface area contributed by atoms with Crippen molar-refractivity contribution in [1.29, 1.82) is 0 Å². The molecule has 1 aliphatic rings. The van der Waals surface area contributed by atoms with Gasteiger partial charge in [0.1, 0.15) is 0 Å². The first-order chi connectivity index (χ1) is 6.39. The molecule has 1 aromatic rings. The van der Waals surface area contributed by atoms with E-state index in [0.717, 1.165) is 0 Å². The van der Waals surface area contributed by atoms with Crippen molar-refractivity contribution in [1.82, 2.24) is 0 Å². The smallest absolute Gasteiger partial charge is 0.247 e. The third-order valence-electron chi connectivity index (χ3n) is 2.02. The third kappa shape index (κ3) is 1.07. The summed E-state index contributed by atoms with van der Waals surface area (Å²) in [4.78, 5) is 11.7. The minimum absolute atomic E-state index is 0.0683. The zero-order valence-electron chi connectivity index (χ0n) is 6.70. The van der Waals surface area contributed by atoms with E-state index in [1.165, 1.54) is 12.1 Å². The molecule has 3 nitrogen and oxygen atoms in total. The van der Waals surface area contributed by atoms with E-state index >= 15 is 0 Å². The molecule has 0 unspecified atom stereocenters. The molecule has 1 aliphatic heterocycles. The van der Waals surface area contributed by atoms with Crippen LogP contribution in [0.3, 0.4) is 0 Å². The molecule has 6 heteroatoms. The first-order valence-corrected chi connectivity index (χ1v) is 6.72. The minimum atomic E-state index is -3.65. The van der Waals surface area contributed by atoms with E-state index in [1.807, 2.05) is 0 Å². The summed E-state index contributed by atoms with van der Waals surface area (Å²) < 4.78 is 21.9. The van der Waals surface area contributed by atoms with E-state index in [-0.39, 0.29) is 10.5 Å². The Kier molecular flexibility index (Phi) is 2.14. The summed E-state index contributed by atoms with van der Waals surface area (Å²) in [5.74, 6) is -0.479. The number of alkyl halides is 2. The van der Waals surface area contributed by atoms with Crippen LogP contribution < -0.4 is 0 Å². The molecule has 1 aromatic carbocycles. The number of hydrogen-bond acceptors (Lipinski definition) is 3. The van der Waals surface area contributed by atoms with Crippen LogP contribution in [0.5, 0.6) is 0 Å². The fourth-order valence-corrected chi connectivity index (χ4v) is 4.12. The highest BCUT2D eigenvalue weighted by atomic mass is 79.9. The molecule has 0 N–H and O–H groups in total. The Bertz CT molecular complexity index is 519. The maximum absolute atomic E-state index is 11.8. The van der Waals surface area contributed by atoms with Gasteiger partial charge in [-0.2, -0.15) is 0 Å². The van der Waals surface area contributed by atoms with E-state index in [9.17, 15) is 13.2 Å². The summed E-state index contributed by atoms with van der Waals surface area (Å²) in [6.45, 7) is 0. The van der Waals surface area contributed by atoms with Crippen LogP contribution in [0.1, 0.15) is 10.4 Å². The fraction of sp³-hybridized carbons (Fsp3) is 0.125. The molecule has 0 amide bonds. The number of carbonyl (C=O) groups is 1. The molecule has 0 bridgehead atoms. The topological polar surface area (TPSA) is 51.2 Å². The van der Waals surface area contributed by atoms with Crippen LogP contribution >= 0.6 is 31.9 Å². The zero-order valence-corrected chi connectivity index (χ0v) is 10.7. The van der Waals surface area contributed by atoms with Gasteiger partial charge >= 0.3 is 0 Å². The Morgan fingerprint density at radius 1 is 1.14 bits per heavy atom. The second-order valence-corrected chi connectivity index (χ2v) is 9.40. The SMILES string of the molecule is O=C1c2ccccc2S(=O)(=O)C1(Br)Br. The number of halogens is 2. The number of sulfone groups is 1. The number of hydrogen-bond donors (Lipinski definition) is 0. The van der Waals surface area contributed by atoms with Crippen LogP contribution in [-0.2, 0) is 9.84 Å². The molecule has 0 saturated carbocycles. The summed E-state index contributed by atoms with van der Waals surface area (Å²) >= 11 is 5.78. The monoisotopic (exact) mass is 338 g/mol. The molecule has 14 heavy (non-hydrogen) atoms. The second-order valence-electron chi connectivity index (χ2n) is 2.85. The van der Waals surface area contributed by atoms with Crippen molar-refractivity contribution in [2.45, 2.75) is 7.46 Å². The van der Waals surface area contributed by atoms with Crippen LogP contribution in [0, 0.1) is 0 Å². The summed E-state index contributed by atoms with van der Waals surface area (Å²) in [6.07, 6.45) is 0. The fourth-order valence-electron chi connectivity index (χ4n) is 1.31. The quantitative estimate of drug-likeness (QED) is 0.680.